The van der Waals surface area contributed by atoms with Crippen LogP contribution in [0.25, 0.3) is 0 Å². The molecule has 4 rings (SSSR count). The molecule has 9 heteroatoms. The monoisotopic (exact) mass is 457 g/mol. The predicted molar refractivity (Wildman–Crippen MR) is 116 cm³/mol. The van der Waals surface area contributed by atoms with E-state index in [0.29, 0.717) is 43.7 Å². The molecule has 0 bridgehead atoms. The van der Waals surface area contributed by atoms with Gasteiger partial charge in [0.15, 0.2) is 0 Å². The quantitative estimate of drug-likeness (QED) is 0.689. The third-order valence-electron chi connectivity index (χ3n) is 6.96. The SMILES string of the molecule is CC(C)CS(=O)(=O)N1CCC2CN([C@H]3CO[C@H](C4=C(F)C=CC(F)C4)C(=N)C3)CC2C1. The fraction of sp³-hybridized carbons (Fsp3) is 0.773. The van der Waals surface area contributed by atoms with Crippen molar-refractivity contribution in [2.45, 2.75) is 51.4 Å². The summed E-state index contributed by atoms with van der Waals surface area (Å²) in [6, 6.07) is 0.0269. The highest BCUT2D eigenvalue weighted by Gasteiger charge is 2.44. The Hall–Kier alpha value is -1.16. The van der Waals surface area contributed by atoms with E-state index in [9.17, 15) is 17.2 Å². The van der Waals surface area contributed by atoms with E-state index < -0.39 is 28.1 Å². The summed E-state index contributed by atoms with van der Waals surface area (Å²) >= 11 is 0. The maximum Gasteiger partial charge on any atom is 0.214 e. The number of hydrogen-bond acceptors (Lipinski definition) is 5. The van der Waals surface area contributed by atoms with Crippen LogP contribution in [0.2, 0.25) is 0 Å². The fourth-order valence-corrected chi connectivity index (χ4v) is 7.28. The molecule has 1 N–H and O–H groups in total. The number of hydrogen-bond donors (Lipinski definition) is 1. The first kappa shape index (κ1) is 23.0. The van der Waals surface area contributed by atoms with Gasteiger partial charge in [0.2, 0.25) is 10.0 Å². The van der Waals surface area contributed by atoms with Crippen molar-refractivity contribution in [3.63, 3.8) is 0 Å². The summed E-state index contributed by atoms with van der Waals surface area (Å²) in [5, 5.41) is 8.43. The first-order chi connectivity index (χ1) is 14.6. The number of halogens is 2. The molecule has 0 aromatic heterocycles. The molecule has 3 heterocycles. The highest BCUT2D eigenvalue weighted by atomic mass is 32.2. The molecule has 3 aliphatic heterocycles. The van der Waals surface area contributed by atoms with Crippen LogP contribution in [-0.2, 0) is 14.8 Å². The van der Waals surface area contributed by atoms with Gasteiger partial charge < -0.3 is 10.1 Å². The highest BCUT2D eigenvalue weighted by Crippen LogP contribution is 2.36. The summed E-state index contributed by atoms with van der Waals surface area (Å²) in [5.74, 6) is 0.544. The van der Waals surface area contributed by atoms with Gasteiger partial charge in [-0.3, -0.25) is 4.90 Å². The molecule has 5 atom stereocenters. The first-order valence-electron chi connectivity index (χ1n) is 11.3. The summed E-state index contributed by atoms with van der Waals surface area (Å²) in [6.45, 7) is 7.02. The summed E-state index contributed by atoms with van der Waals surface area (Å²) in [6.07, 6.45) is 1.59. The van der Waals surface area contributed by atoms with E-state index in [4.69, 9.17) is 10.1 Å². The third-order valence-corrected chi connectivity index (χ3v) is 9.17. The maximum absolute atomic E-state index is 14.2. The van der Waals surface area contributed by atoms with Crippen molar-refractivity contribution in [1.29, 1.82) is 5.41 Å². The largest absolute Gasteiger partial charge is 0.366 e. The summed E-state index contributed by atoms with van der Waals surface area (Å²) < 4.78 is 60.7. The Kier molecular flexibility index (Phi) is 6.68. The lowest BCUT2D eigenvalue weighted by Crippen LogP contribution is -2.47. The van der Waals surface area contributed by atoms with Gasteiger partial charge in [0.1, 0.15) is 18.1 Å². The molecular formula is C22H33F2N3O3S. The predicted octanol–water partition coefficient (Wildman–Crippen LogP) is 2.92. The minimum absolute atomic E-state index is 0.0269. The second kappa shape index (κ2) is 9.00. The zero-order valence-electron chi connectivity index (χ0n) is 18.3. The average Bonchev–Trinajstić information content (AvgIpc) is 3.12. The van der Waals surface area contributed by atoms with E-state index in [2.05, 4.69) is 4.90 Å². The van der Waals surface area contributed by atoms with Gasteiger partial charge >= 0.3 is 0 Å². The van der Waals surface area contributed by atoms with Crippen LogP contribution in [0.15, 0.2) is 23.6 Å². The lowest BCUT2D eigenvalue weighted by atomic mass is 9.90. The summed E-state index contributed by atoms with van der Waals surface area (Å²) in [5.41, 5.74) is 0.527. The molecule has 174 valence electrons. The van der Waals surface area contributed by atoms with Crippen molar-refractivity contribution in [2.75, 3.05) is 38.5 Å². The van der Waals surface area contributed by atoms with Crippen LogP contribution in [0, 0.1) is 23.2 Å². The fourth-order valence-electron chi connectivity index (χ4n) is 5.43. The second-order valence-corrected chi connectivity index (χ2v) is 11.9. The van der Waals surface area contributed by atoms with E-state index in [1.807, 2.05) is 13.8 Å². The average molecular weight is 458 g/mol. The molecule has 6 nitrogen and oxygen atoms in total. The van der Waals surface area contributed by atoms with Crippen molar-refractivity contribution >= 4 is 15.7 Å². The number of likely N-dealkylation sites (tertiary alicyclic amines) is 1. The van der Waals surface area contributed by atoms with E-state index >= 15 is 0 Å². The molecule has 4 aliphatic rings. The van der Waals surface area contributed by atoms with Crippen molar-refractivity contribution < 1.29 is 21.9 Å². The Morgan fingerprint density at radius 2 is 1.97 bits per heavy atom. The van der Waals surface area contributed by atoms with E-state index in [0.717, 1.165) is 25.6 Å². The zero-order valence-corrected chi connectivity index (χ0v) is 19.1. The molecule has 3 fully saturated rings. The van der Waals surface area contributed by atoms with Gasteiger partial charge in [-0.05, 0) is 36.3 Å². The van der Waals surface area contributed by atoms with Crippen LogP contribution >= 0.6 is 0 Å². The van der Waals surface area contributed by atoms with Gasteiger partial charge in [0, 0.05) is 56.3 Å². The van der Waals surface area contributed by atoms with Gasteiger partial charge in [0.05, 0.1) is 12.4 Å². The minimum atomic E-state index is -3.22. The summed E-state index contributed by atoms with van der Waals surface area (Å²) in [4.78, 5) is 2.31. The molecule has 1 aliphatic carbocycles. The Balaban J connectivity index is 1.36. The Labute approximate surface area is 183 Å². The van der Waals surface area contributed by atoms with Crippen LogP contribution in [0.3, 0.4) is 0 Å². The van der Waals surface area contributed by atoms with E-state index in [1.54, 1.807) is 4.31 Å². The van der Waals surface area contributed by atoms with Crippen LogP contribution in [-0.4, -0.2) is 80.2 Å². The van der Waals surface area contributed by atoms with Crippen LogP contribution < -0.4 is 0 Å². The van der Waals surface area contributed by atoms with Gasteiger partial charge in [-0.25, -0.2) is 21.5 Å². The van der Waals surface area contributed by atoms with Gasteiger partial charge in [-0.1, -0.05) is 13.8 Å². The number of fused-ring (bicyclic) bond motifs is 1. The number of allylic oxidation sites excluding steroid dienone is 3. The molecule has 3 saturated heterocycles. The maximum atomic E-state index is 14.2. The molecule has 31 heavy (non-hydrogen) atoms. The molecule has 0 aromatic rings. The van der Waals surface area contributed by atoms with Gasteiger partial charge in [-0.15, -0.1) is 0 Å². The molecule has 3 unspecified atom stereocenters. The van der Waals surface area contributed by atoms with Crippen molar-refractivity contribution in [1.82, 2.24) is 9.21 Å². The molecule has 0 spiro atoms. The van der Waals surface area contributed by atoms with Crippen molar-refractivity contribution in [3.8, 4) is 0 Å². The topological polar surface area (TPSA) is 73.7 Å². The van der Waals surface area contributed by atoms with Crippen molar-refractivity contribution in [2.24, 2.45) is 17.8 Å². The number of alkyl halides is 1. The second-order valence-electron chi connectivity index (χ2n) is 9.84. The number of nitrogens with zero attached hydrogens (tertiary/aromatic N) is 2. The highest BCUT2D eigenvalue weighted by molar-refractivity contribution is 7.89. The molecule has 0 aromatic carbocycles. The van der Waals surface area contributed by atoms with Crippen molar-refractivity contribution in [3.05, 3.63) is 23.6 Å². The van der Waals surface area contributed by atoms with Gasteiger partial charge in [0.25, 0.3) is 0 Å². The summed E-state index contributed by atoms with van der Waals surface area (Å²) in [7, 11) is -3.22. The molecule has 0 saturated carbocycles. The smallest absolute Gasteiger partial charge is 0.214 e. The lowest BCUT2D eigenvalue weighted by Gasteiger charge is -2.37. The molecule has 0 radical (unpaired) electrons. The standard InChI is InChI=1S/C22H33F2N3O3S/c1-14(2)13-31(28,29)27-6-5-15-9-26(10-16(15)11-27)18-8-21(25)22(30-12-18)19-7-17(23)3-4-20(19)24/h3-4,14-18,22,25H,5-13H2,1-2H3/t15?,16?,17?,18-,22-/m1/s1. The number of ether oxygens (including phenoxy) is 1. The third kappa shape index (κ3) is 4.94. The Morgan fingerprint density at radius 3 is 2.68 bits per heavy atom. The lowest BCUT2D eigenvalue weighted by molar-refractivity contribution is 0.0362. The van der Waals surface area contributed by atoms with E-state index in [-0.39, 0.29) is 29.7 Å². The molecular weight excluding hydrogens is 424 g/mol. The normalized spacial score (nSPS) is 35.8. The number of nitrogens with one attached hydrogen (secondary N) is 1. The van der Waals surface area contributed by atoms with Crippen LogP contribution in [0.5, 0.6) is 0 Å². The van der Waals surface area contributed by atoms with E-state index in [1.165, 1.54) is 6.08 Å². The Morgan fingerprint density at radius 1 is 1.23 bits per heavy atom. The number of piperidine rings is 1. The van der Waals surface area contributed by atoms with Crippen LogP contribution in [0.4, 0.5) is 8.78 Å². The Bertz CT molecular complexity index is 873. The molecule has 0 amide bonds. The number of sulfonamides is 1. The minimum Gasteiger partial charge on any atom is -0.366 e. The van der Waals surface area contributed by atoms with Gasteiger partial charge in [-0.2, -0.15) is 0 Å². The first-order valence-corrected chi connectivity index (χ1v) is 12.9. The zero-order chi connectivity index (χ0) is 22.3. The number of rotatable bonds is 5. The van der Waals surface area contributed by atoms with Crippen LogP contribution in [0.1, 0.15) is 33.1 Å².